The van der Waals surface area contributed by atoms with Crippen molar-refractivity contribution < 1.29 is 27.1 Å². The molecule has 2 atom stereocenters. The SMILES string of the molecule is O=C1C(Cc2ccc(F)cc2)N2C(=O)C(N3CCOCC3)CN(S(=O)(=O)c3ccc(Cl)cc3Cl)C2=CN1C1CC1. The first-order valence-electron chi connectivity index (χ1n) is 13.1. The Balaban J connectivity index is 1.48. The van der Waals surface area contributed by atoms with E-state index in [9.17, 15) is 22.4 Å². The first kappa shape index (κ1) is 27.5. The number of morpholine rings is 1. The molecule has 212 valence electrons. The van der Waals surface area contributed by atoms with Crippen LogP contribution in [0.15, 0.2) is 59.4 Å². The molecule has 0 spiro atoms. The number of carbonyl (C=O) groups is 2. The van der Waals surface area contributed by atoms with Gasteiger partial charge in [-0.2, -0.15) is 0 Å². The van der Waals surface area contributed by atoms with Crippen molar-refractivity contribution in [3.05, 3.63) is 75.9 Å². The summed E-state index contributed by atoms with van der Waals surface area (Å²) in [4.78, 5) is 32.6. The Bertz CT molecular complexity index is 1480. The van der Waals surface area contributed by atoms with E-state index in [4.69, 9.17) is 27.9 Å². The number of benzene rings is 2. The molecule has 4 aliphatic rings. The molecule has 2 aromatic rings. The summed E-state index contributed by atoms with van der Waals surface area (Å²) >= 11 is 12.4. The number of hydrogen-bond donors (Lipinski definition) is 0. The lowest BCUT2D eigenvalue weighted by molar-refractivity contribution is -0.153. The van der Waals surface area contributed by atoms with Gasteiger partial charge in [-0.3, -0.25) is 19.4 Å². The van der Waals surface area contributed by atoms with Gasteiger partial charge in [0.05, 0.1) is 24.8 Å². The standard InChI is InChI=1S/C27H27Cl2FN4O5S/c28-18-3-8-24(21(29)14-18)40(37,38)33-15-23(31-9-11-39-12-10-31)27(36)34-22(13-17-1-4-19(30)5-2-17)26(35)32(16-25(33)34)20-6-7-20/h1-5,8,14,16,20,22-23H,6-7,9-13,15H2. The molecular weight excluding hydrogens is 582 g/mol. The van der Waals surface area contributed by atoms with Gasteiger partial charge in [-0.15, -0.1) is 0 Å². The van der Waals surface area contributed by atoms with Crippen LogP contribution in [0.25, 0.3) is 0 Å². The van der Waals surface area contributed by atoms with Gasteiger partial charge in [0.15, 0.2) is 0 Å². The second-order valence-corrected chi connectivity index (χ2v) is 13.0. The normalized spacial score (nSPS) is 24.3. The predicted octanol–water partition coefficient (Wildman–Crippen LogP) is 3.08. The van der Waals surface area contributed by atoms with Gasteiger partial charge in [-0.25, -0.2) is 17.1 Å². The predicted molar refractivity (Wildman–Crippen MR) is 145 cm³/mol. The van der Waals surface area contributed by atoms with E-state index in [1.165, 1.54) is 45.7 Å². The number of halogens is 3. The van der Waals surface area contributed by atoms with Crippen molar-refractivity contribution in [2.24, 2.45) is 0 Å². The van der Waals surface area contributed by atoms with Gasteiger partial charge in [0.1, 0.15) is 28.6 Å². The molecule has 6 rings (SSSR count). The van der Waals surface area contributed by atoms with Crippen molar-refractivity contribution in [2.75, 3.05) is 32.8 Å². The van der Waals surface area contributed by atoms with E-state index in [0.29, 0.717) is 31.9 Å². The lowest BCUT2D eigenvalue weighted by atomic mass is 9.99. The van der Waals surface area contributed by atoms with Gasteiger partial charge in [0.25, 0.3) is 10.0 Å². The van der Waals surface area contributed by atoms with E-state index >= 15 is 0 Å². The molecule has 0 aromatic heterocycles. The average Bonchev–Trinajstić information content (AvgIpc) is 3.77. The highest BCUT2D eigenvalue weighted by atomic mass is 35.5. The molecule has 3 aliphatic heterocycles. The van der Waals surface area contributed by atoms with Crippen LogP contribution in [-0.2, 0) is 30.8 Å². The molecule has 0 bridgehead atoms. The summed E-state index contributed by atoms with van der Waals surface area (Å²) in [6.45, 7) is 1.51. The Morgan fingerprint density at radius 3 is 2.33 bits per heavy atom. The van der Waals surface area contributed by atoms with Crippen molar-refractivity contribution in [1.82, 2.24) is 19.0 Å². The fraction of sp³-hybridized carbons (Fsp3) is 0.407. The van der Waals surface area contributed by atoms with Crippen molar-refractivity contribution in [3.8, 4) is 0 Å². The highest BCUT2D eigenvalue weighted by Crippen LogP contribution is 2.39. The van der Waals surface area contributed by atoms with Crippen LogP contribution in [0.3, 0.4) is 0 Å². The molecule has 2 saturated heterocycles. The molecule has 2 unspecified atom stereocenters. The lowest BCUT2D eigenvalue weighted by Crippen LogP contribution is -2.68. The second kappa shape index (κ2) is 10.6. The number of amides is 2. The summed E-state index contributed by atoms with van der Waals surface area (Å²) in [7, 11) is -4.29. The molecule has 13 heteroatoms. The van der Waals surface area contributed by atoms with Gasteiger partial charge >= 0.3 is 0 Å². The van der Waals surface area contributed by atoms with Crippen molar-refractivity contribution >= 4 is 45.0 Å². The van der Waals surface area contributed by atoms with Crippen LogP contribution in [0.1, 0.15) is 18.4 Å². The summed E-state index contributed by atoms with van der Waals surface area (Å²) < 4.78 is 48.7. The number of rotatable bonds is 6. The summed E-state index contributed by atoms with van der Waals surface area (Å²) in [5, 5.41) is 0.237. The number of hydrogen-bond acceptors (Lipinski definition) is 6. The van der Waals surface area contributed by atoms with E-state index in [1.54, 1.807) is 17.0 Å². The number of ether oxygens (including phenoxy) is 1. The van der Waals surface area contributed by atoms with Gasteiger partial charge in [0, 0.05) is 36.8 Å². The van der Waals surface area contributed by atoms with Crippen molar-refractivity contribution in [1.29, 1.82) is 0 Å². The van der Waals surface area contributed by atoms with E-state index in [1.807, 2.05) is 4.90 Å². The molecule has 40 heavy (non-hydrogen) atoms. The van der Waals surface area contributed by atoms with Crippen LogP contribution in [0, 0.1) is 5.82 Å². The van der Waals surface area contributed by atoms with E-state index in [-0.39, 0.29) is 51.6 Å². The maximum Gasteiger partial charge on any atom is 0.267 e. The minimum atomic E-state index is -4.29. The van der Waals surface area contributed by atoms with Crippen LogP contribution in [0.4, 0.5) is 4.39 Å². The van der Waals surface area contributed by atoms with Gasteiger partial charge in [-0.05, 0) is 48.7 Å². The third kappa shape index (κ3) is 4.98. The highest BCUT2D eigenvalue weighted by molar-refractivity contribution is 7.89. The van der Waals surface area contributed by atoms with Crippen molar-refractivity contribution in [2.45, 2.75) is 42.3 Å². The molecule has 0 radical (unpaired) electrons. The molecule has 9 nitrogen and oxygen atoms in total. The van der Waals surface area contributed by atoms with E-state index in [0.717, 1.165) is 12.8 Å². The molecule has 3 fully saturated rings. The Morgan fingerprint density at radius 1 is 0.975 bits per heavy atom. The van der Waals surface area contributed by atoms with Crippen LogP contribution >= 0.6 is 23.2 Å². The molecule has 2 aromatic carbocycles. The number of carbonyl (C=O) groups excluding carboxylic acids is 2. The second-order valence-electron chi connectivity index (χ2n) is 10.3. The first-order valence-corrected chi connectivity index (χ1v) is 15.3. The minimum absolute atomic E-state index is 0.0479. The maximum atomic E-state index is 14.2. The molecule has 3 heterocycles. The third-order valence-electron chi connectivity index (χ3n) is 7.70. The summed E-state index contributed by atoms with van der Waals surface area (Å²) in [6, 6.07) is 7.93. The topological polar surface area (TPSA) is 90.5 Å². The average molecular weight is 610 g/mol. The zero-order chi connectivity index (χ0) is 28.2. The molecule has 1 aliphatic carbocycles. The Hall–Kier alpha value is -2.70. The summed E-state index contributed by atoms with van der Waals surface area (Å²) in [6.07, 6.45) is 3.13. The maximum absolute atomic E-state index is 14.2. The zero-order valence-corrected chi connectivity index (χ0v) is 23.7. The fourth-order valence-electron chi connectivity index (χ4n) is 5.48. The van der Waals surface area contributed by atoms with Crippen molar-refractivity contribution in [3.63, 3.8) is 0 Å². The number of sulfonamides is 1. The molecule has 2 amide bonds. The fourth-order valence-corrected chi connectivity index (χ4v) is 7.68. The number of nitrogens with zero attached hydrogens (tertiary/aromatic N) is 4. The van der Waals surface area contributed by atoms with Gasteiger partial charge in [-0.1, -0.05) is 35.3 Å². The largest absolute Gasteiger partial charge is 0.379 e. The first-order chi connectivity index (χ1) is 19.1. The van der Waals surface area contributed by atoms with Crippen LogP contribution < -0.4 is 0 Å². The minimum Gasteiger partial charge on any atom is -0.379 e. The quantitative estimate of drug-likeness (QED) is 0.501. The van der Waals surface area contributed by atoms with Crippen LogP contribution in [0.2, 0.25) is 10.0 Å². The molecule has 0 N–H and O–H groups in total. The number of fused-ring (bicyclic) bond motifs is 1. The smallest absolute Gasteiger partial charge is 0.267 e. The van der Waals surface area contributed by atoms with Gasteiger partial charge < -0.3 is 9.64 Å². The summed E-state index contributed by atoms with van der Waals surface area (Å²) in [5.74, 6) is -0.984. The lowest BCUT2D eigenvalue weighted by Gasteiger charge is -2.50. The Kier molecular flexibility index (Phi) is 7.28. The van der Waals surface area contributed by atoms with Crippen LogP contribution in [0.5, 0.6) is 0 Å². The Labute approximate surface area is 241 Å². The molecule has 1 saturated carbocycles. The van der Waals surface area contributed by atoms with Crippen LogP contribution in [-0.4, -0.2) is 90.2 Å². The summed E-state index contributed by atoms with van der Waals surface area (Å²) in [5.41, 5.74) is 0.646. The zero-order valence-electron chi connectivity index (χ0n) is 21.4. The Morgan fingerprint density at radius 2 is 1.68 bits per heavy atom. The molecular formula is C27H27Cl2FN4O5S. The monoisotopic (exact) mass is 608 g/mol. The highest BCUT2D eigenvalue weighted by Gasteiger charge is 2.53. The van der Waals surface area contributed by atoms with E-state index < -0.39 is 27.9 Å². The van der Waals surface area contributed by atoms with Gasteiger partial charge in [0.2, 0.25) is 11.8 Å². The van der Waals surface area contributed by atoms with E-state index in [2.05, 4.69) is 0 Å². The third-order valence-corrected chi connectivity index (χ3v) is 10.2.